The summed E-state index contributed by atoms with van der Waals surface area (Å²) in [5.41, 5.74) is -0.995. The number of hydrogen-bond acceptors (Lipinski definition) is 1. The second-order valence-electron chi connectivity index (χ2n) is 2.82. The molecular weight excluding hydrogens is 233 g/mol. The number of halogens is 4. The third kappa shape index (κ3) is 2.86. The lowest BCUT2D eigenvalue weighted by Gasteiger charge is -2.09. The van der Waals surface area contributed by atoms with Crippen molar-refractivity contribution in [1.82, 2.24) is 0 Å². The topological polar surface area (TPSA) is 37.3 Å². The Bertz CT molecular complexity index is 376. The van der Waals surface area contributed by atoms with E-state index in [9.17, 15) is 18.0 Å². The minimum atomic E-state index is -4.49. The lowest BCUT2D eigenvalue weighted by molar-refractivity contribution is -0.139. The number of hydrogen-bond donors (Lipinski definition) is 1. The number of carboxylic acids is 1. The van der Waals surface area contributed by atoms with Gasteiger partial charge in [0.2, 0.25) is 0 Å². The molecule has 0 aliphatic heterocycles. The van der Waals surface area contributed by atoms with E-state index < -0.39 is 23.1 Å². The average Bonchev–Trinajstić information content (AvgIpc) is 2.15. The first-order valence-electron chi connectivity index (χ1n) is 3.86. The first-order valence-corrected chi connectivity index (χ1v) is 4.30. The van der Waals surface area contributed by atoms with Crippen molar-refractivity contribution in [1.29, 1.82) is 0 Å². The minimum absolute atomic E-state index is 0.0843. The number of carbonyl (C=O) groups is 1. The van der Waals surface area contributed by atoms with E-state index in [0.29, 0.717) is 0 Å². The van der Waals surface area contributed by atoms with E-state index in [1.807, 2.05) is 0 Å². The third-order valence-corrected chi connectivity index (χ3v) is 2.16. The molecule has 1 N–H and O–H groups in total. The normalized spacial score (nSPS) is 13.6. The van der Waals surface area contributed by atoms with Gasteiger partial charge in [0.15, 0.2) is 5.38 Å². The quantitative estimate of drug-likeness (QED) is 0.804. The highest BCUT2D eigenvalue weighted by Crippen LogP contribution is 2.31. The fourth-order valence-electron chi connectivity index (χ4n) is 1.02. The summed E-state index contributed by atoms with van der Waals surface area (Å²) < 4.78 is 36.7. The van der Waals surface area contributed by atoms with Gasteiger partial charge in [-0.2, -0.15) is 13.2 Å². The van der Waals surface area contributed by atoms with Gasteiger partial charge in [-0.1, -0.05) is 12.1 Å². The minimum Gasteiger partial charge on any atom is -0.480 e. The molecule has 0 spiro atoms. The first kappa shape index (κ1) is 11.8. The van der Waals surface area contributed by atoms with E-state index in [4.69, 9.17) is 16.7 Å². The van der Waals surface area contributed by atoms with Crippen LogP contribution in [0.2, 0.25) is 0 Å². The molecule has 2 nitrogen and oxygen atoms in total. The molecule has 0 aromatic heterocycles. The maximum atomic E-state index is 12.2. The molecule has 0 bridgehead atoms. The van der Waals surface area contributed by atoms with Crippen LogP contribution in [0.25, 0.3) is 0 Å². The summed E-state index contributed by atoms with van der Waals surface area (Å²) in [5.74, 6) is -1.38. The SMILES string of the molecule is O=C(O)C(Cl)c1cccc(C(F)(F)F)c1. The molecular formula is C9H6ClF3O2. The van der Waals surface area contributed by atoms with Crippen LogP contribution in [0.5, 0.6) is 0 Å². The standard InChI is InChI=1S/C9H6ClF3O2/c10-7(8(14)15)5-2-1-3-6(4-5)9(11,12)13/h1-4,7H,(H,14,15). The Morgan fingerprint density at radius 2 is 2.00 bits per heavy atom. The zero-order chi connectivity index (χ0) is 11.6. The summed E-state index contributed by atoms with van der Waals surface area (Å²) in [6.07, 6.45) is -4.49. The predicted octanol–water partition coefficient (Wildman–Crippen LogP) is 3.07. The zero-order valence-corrected chi connectivity index (χ0v) is 8.01. The molecule has 1 aromatic carbocycles. The van der Waals surface area contributed by atoms with Gasteiger partial charge >= 0.3 is 12.1 Å². The van der Waals surface area contributed by atoms with E-state index in [0.717, 1.165) is 18.2 Å². The Balaban J connectivity index is 3.08. The fraction of sp³-hybridized carbons (Fsp3) is 0.222. The molecule has 0 radical (unpaired) electrons. The van der Waals surface area contributed by atoms with Gasteiger partial charge in [0.05, 0.1) is 5.56 Å². The van der Waals surface area contributed by atoms with Gasteiger partial charge in [-0.15, -0.1) is 11.6 Å². The molecule has 1 atom stereocenters. The number of carboxylic acid groups (broad SMARTS) is 1. The summed E-state index contributed by atoms with van der Waals surface area (Å²) in [4.78, 5) is 10.4. The van der Waals surface area contributed by atoms with E-state index in [1.165, 1.54) is 6.07 Å². The van der Waals surface area contributed by atoms with Gasteiger partial charge in [0.1, 0.15) is 0 Å². The van der Waals surface area contributed by atoms with E-state index in [-0.39, 0.29) is 5.56 Å². The van der Waals surface area contributed by atoms with Crippen LogP contribution in [-0.2, 0) is 11.0 Å². The van der Waals surface area contributed by atoms with Crippen molar-refractivity contribution >= 4 is 17.6 Å². The number of alkyl halides is 4. The van der Waals surface area contributed by atoms with Gasteiger partial charge < -0.3 is 5.11 Å². The predicted molar refractivity (Wildman–Crippen MR) is 47.7 cm³/mol. The molecule has 0 saturated heterocycles. The summed E-state index contributed by atoms with van der Waals surface area (Å²) in [6, 6.07) is 3.94. The lowest BCUT2D eigenvalue weighted by Crippen LogP contribution is -2.09. The molecule has 1 aromatic rings. The van der Waals surface area contributed by atoms with Crippen LogP contribution in [0.15, 0.2) is 24.3 Å². The highest BCUT2D eigenvalue weighted by atomic mass is 35.5. The summed E-state index contributed by atoms with van der Waals surface area (Å²) in [7, 11) is 0. The van der Waals surface area contributed by atoms with Gasteiger partial charge in [-0.25, -0.2) is 0 Å². The van der Waals surface area contributed by atoms with Crippen LogP contribution < -0.4 is 0 Å². The molecule has 0 aliphatic rings. The third-order valence-electron chi connectivity index (χ3n) is 1.72. The Morgan fingerprint density at radius 3 is 2.47 bits per heavy atom. The number of aliphatic carboxylic acids is 1. The van der Waals surface area contributed by atoms with Crippen molar-refractivity contribution in [2.24, 2.45) is 0 Å². The smallest absolute Gasteiger partial charge is 0.416 e. The summed E-state index contributed by atoms with van der Waals surface area (Å²) in [5, 5.41) is 7.05. The molecule has 0 aliphatic carbocycles. The van der Waals surface area contributed by atoms with Crippen molar-refractivity contribution < 1.29 is 23.1 Å². The van der Waals surface area contributed by atoms with Crippen LogP contribution in [-0.4, -0.2) is 11.1 Å². The molecule has 0 heterocycles. The van der Waals surface area contributed by atoms with Gasteiger partial charge in [0, 0.05) is 0 Å². The largest absolute Gasteiger partial charge is 0.480 e. The van der Waals surface area contributed by atoms with Crippen molar-refractivity contribution in [2.45, 2.75) is 11.6 Å². The second-order valence-corrected chi connectivity index (χ2v) is 3.26. The van der Waals surface area contributed by atoms with E-state index in [2.05, 4.69) is 0 Å². The van der Waals surface area contributed by atoms with Gasteiger partial charge in [-0.3, -0.25) is 4.79 Å². The maximum Gasteiger partial charge on any atom is 0.416 e. The molecule has 0 amide bonds. The molecule has 6 heteroatoms. The average molecular weight is 239 g/mol. The molecule has 1 unspecified atom stereocenters. The second kappa shape index (κ2) is 4.10. The van der Waals surface area contributed by atoms with Crippen molar-refractivity contribution in [3.05, 3.63) is 35.4 Å². The zero-order valence-electron chi connectivity index (χ0n) is 7.25. The van der Waals surface area contributed by atoms with Gasteiger partial charge in [-0.05, 0) is 17.7 Å². The van der Waals surface area contributed by atoms with Crippen LogP contribution in [0.1, 0.15) is 16.5 Å². The number of rotatable bonds is 2. The monoisotopic (exact) mass is 238 g/mol. The Kier molecular flexibility index (Phi) is 3.24. The van der Waals surface area contributed by atoms with Crippen molar-refractivity contribution in [3.63, 3.8) is 0 Å². The Hall–Kier alpha value is -1.23. The molecule has 0 saturated carbocycles. The van der Waals surface area contributed by atoms with Crippen LogP contribution >= 0.6 is 11.6 Å². The fourth-order valence-corrected chi connectivity index (χ4v) is 1.15. The summed E-state index contributed by atoms with van der Waals surface area (Å²) >= 11 is 5.40. The van der Waals surface area contributed by atoms with Crippen LogP contribution in [0.4, 0.5) is 13.2 Å². The van der Waals surface area contributed by atoms with E-state index in [1.54, 1.807) is 0 Å². The summed E-state index contributed by atoms with van der Waals surface area (Å²) in [6.45, 7) is 0. The van der Waals surface area contributed by atoms with Crippen molar-refractivity contribution in [2.75, 3.05) is 0 Å². The van der Waals surface area contributed by atoms with Crippen LogP contribution in [0.3, 0.4) is 0 Å². The molecule has 0 fully saturated rings. The number of benzene rings is 1. The lowest BCUT2D eigenvalue weighted by atomic mass is 10.1. The highest BCUT2D eigenvalue weighted by molar-refractivity contribution is 6.29. The maximum absolute atomic E-state index is 12.2. The molecule has 82 valence electrons. The van der Waals surface area contributed by atoms with Gasteiger partial charge in [0.25, 0.3) is 0 Å². The van der Waals surface area contributed by atoms with Crippen LogP contribution in [0, 0.1) is 0 Å². The molecule has 15 heavy (non-hydrogen) atoms. The molecule has 1 rings (SSSR count). The Morgan fingerprint density at radius 1 is 1.40 bits per heavy atom. The highest BCUT2D eigenvalue weighted by Gasteiger charge is 2.31. The van der Waals surface area contributed by atoms with Crippen molar-refractivity contribution in [3.8, 4) is 0 Å². The Labute approximate surface area is 88.3 Å². The van der Waals surface area contributed by atoms with E-state index >= 15 is 0 Å². The first-order chi connectivity index (χ1) is 6.82.